The molecule has 3 aromatic rings. The molecule has 9 heteroatoms. The van der Waals surface area contributed by atoms with Crippen LogP contribution >= 0.6 is 34.5 Å². The van der Waals surface area contributed by atoms with Crippen LogP contribution in [0.5, 0.6) is 0 Å². The fourth-order valence-corrected chi connectivity index (χ4v) is 5.88. The highest BCUT2D eigenvalue weighted by atomic mass is 35.5. The number of hydrogen-bond acceptors (Lipinski definition) is 4. The third-order valence-corrected chi connectivity index (χ3v) is 8.98. The lowest BCUT2D eigenvalue weighted by atomic mass is 10.1. The van der Waals surface area contributed by atoms with Crippen molar-refractivity contribution in [1.29, 1.82) is 0 Å². The molecule has 0 saturated heterocycles. The number of nitrogens with zero attached hydrogens (tertiary/aromatic N) is 1. The van der Waals surface area contributed by atoms with Gasteiger partial charge in [0.15, 0.2) is 0 Å². The van der Waals surface area contributed by atoms with Gasteiger partial charge in [-0.1, -0.05) is 43.4 Å². The summed E-state index contributed by atoms with van der Waals surface area (Å²) in [5, 5.41) is 3.52. The molecule has 0 bridgehead atoms. The molecule has 33 heavy (non-hydrogen) atoms. The molecule has 0 aliphatic rings. The first-order valence-electron chi connectivity index (χ1n) is 10.9. The first kappa shape index (κ1) is 26.0. The van der Waals surface area contributed by atoms with Crippen LogP contribution in [0.25, 0.3) is 10.2 Å². The zero-order valence-corrected chi connectivity index (χ0v) is 22.8. The van der Waals surface area contributed by atoms with E-state index < -0.39 is 8.07 Å². The van der Waals surface area contributed by atoms with Crippen molar-refractivity contribution in [3.63, 3.8) is 0 Å². The third kappa shape index (κ3) is 6.93. The van der Waals surface area contributed by atoms with E-state index in [1.807, 2.05) is 23.7 Å². The van der Waals surface area contributed by atoms with Crippen LogP contribution in [0.3, 0.4) is 0 Å². The van der Waals surface area contributed by atoms with Gasteiger partial charge < -0.3 is 14.6 Å². The summed E-state index contributed by atoms with van der Waals surface area (Å²) in [6.07, 6.45) is 1.77. The lowest BCUT2D eigenvalue weighted by Gasteiger charge is -2.15. The molecule has 0 radical (unpaired) electrons. The summed E-state index contributed by atoms with van der Waals surface area (Å²) in [4.78, 5) is 26.7. The molecule has 2 aromatic heterocycles. The van der Waals surface area contributed by atoms with E-state index in [0.29, 0.717) is 40.9 Å². The normalized spacial score (nSPS) is 11.8. The van der Waals surface area contributed by atoms with Crippen LogP contribution in [0.2, 0.25) is 30.7 Å². The smallest absolute Gasteiger partial charge is 0.224 e. The molecule has 0 saturated carbocycles. The Bertz CT molecular complexity index is 1180. The van der Waals surface area contributed by atoms with E-state index in [9.17, 15) is 9.59 Å². The quantitative estimate of drug-likeness (QED) is 0.210. The number of carbonyl (C=O) groups excluding carboxylic acids is 1. The predicted molar refractivity (Wildman–Crippen MR) is 141 cm³/mol. The summed E-state index contributed by atoms with van der Waals surface area (Å²) < 4.78 is 8.51. The maximum Gasteiger partial charge on any atom is 0.224 e. The number of pyridine rings is 1. The molecule has 3 rings (SSSR count). The van der Waals surface area contributed by atoms with Gasteiger partial charge in [0.1, 0.15) is 0 Å². The fourth-order valence-electron chi connectivity index (χ4n) is 3.51. The molecule has 1 N–H and O–H groups in total. The molecular formula is C24H30Cl2N2O3SSi. The second-order valence-electron chi connectivity index (χ2n) is 9.35. The standard InChI is InChI=1S/C24H30Cl2N2O3SSi/c1-28-14-17(11-21(29)27-13-16-5-7-18(26)8-6-16)23(30)24-22(28)19(20(12-25)32-24)15-31-9-10-33(2,3)4/h5-8,14H,9-13,15H2,1-4H3,(H,27,29). The molecule has 1 aromatic carbocycles. The number of thiophene rings is 1. The van der Waals surface area contributed by atoms with Crippen molar-refractivity contribution in [2.24, 2.45) is 7.05 Å². The van der Waals surface area contributed by atoms with Crippen LogP contribution in [0, 0.1) is 0 Å². The second kappa shape index (κ2) is 11.2. The van der Waals surface area contributed by atoms with Gasteiger partial charge in [-0.15, -0.1) is 22.9 Å². The van der Waals surface area contributed by atoms with Crippen molar-refractivity contribution >= 4 is 58.7 Å². The number of nitrogens with one attached hydrogen (secondary N) is 1. The van der Waals surface area contributed by atoms with Crippen LogP contribution in [0.1, 0.15) is 21.6 Å². The Morgan fingerprint density at radius 1 is 1.21 bits per heavy atom. The summed E-state index contributed by atoms with van der Waals surface area (Å²) in [5.74, 6) is 0.119. The topological polar surface area (TPSA) is 60.3 Å². The summed E-state index contributed by atoms with van der Waals surface area (Å²) >= 11 is 13.5. The average Bonchev–Trinajstić information content (AvgIpc) is 3.13. The van der Waals surface area contributed by atoms with Crippen LogP contribution < -0.4 is 10.7 Å². The molecule has 0 unspecified atom stereocenters. The molecule has 1 amide bonds. The molecule has 0 spiro atoms. The number of halogens is 2. The summed E-state index contributed by atoms with van der Waals surface area (Å²) in [7, 11) is 0.719. The Kier molecular flexibility index (Phi) is 8.80. The Morgan fingerprint density at radius 2 is 1.91 bits per heavy atom. The number of rotatable bonds is 10. The number of amides is 1. The van der Waals surface area contributed by atoms with Crippen LogP contribution in [0.4, 0.5) is 0 Å². The van der Waals surface area contributed by atoms with Crippen molar-refractivity contribution < 1.29 is 9.53 Å². The molecule has 178 valence electrons. The van der Waals surface area contributed by atoms with Gasteiger partial charge in [-0.05, 0) is 23.7 Å². The first-order valence-corrected chi connectivity index (χ1v) is 16.3. The van der Waals surface area contributed by atoms with Gasteiger partial charge in [0, 0.05) is 55.5 Å². The van der Waals surface area contributed by atoms with Crippen molar-refractivity contribution in [2.75, 3.05) is 6.61 Å². The minimum Gasteiger partial charge on any atom is -0.377 e. The first-order chi connectivity index (χ1) is 15.6. The van der Waals surface area contributed by atoms with Crippen LogP contribution in [-0.4, -0.2) is 25.2 Å². The molecular weight excluding hydrogens is 495 g/mol. The molecule has 0 aliphatic heterocycles. The van der Waals surface area contributed by atoms with Crippen molar-refractivity contribution in [3.8, 4) is 0 Å². The largest absolute Gasteiger partial charge is 0.377 e. The number of fused-ring (bicyclic) bond motifs is 1. The minimum atomic E-state index is -1.18. The highest BCUT2D eigenvalue weighted by molar-refractivity contribution is 7.19. The summed E-state index contributed by atoms with van der Waals surface area (Å²) in [6, 6.07) is 8.37. The maximum atomic E-state index is 13.2. The number of benzene rings is 1. The van der Waals surface area contributed by atoms with E-state index in [2.05, 4.69) is 25.0 Å². The fraction of sp³-hybridized carbons (Fsp3) is 0.417. The van der Waals surface area contributed by atoms with Gasteiger partial charge in [0.05, 0.1) is 29.1 Å². The van der Waals surface area contributed by atoms with Gasteiger partial charge in [-0.2, -0.15) is 0 Å². The summed E-state index contributed by atoms with van der Waals surface area (Å²) in [5.41, 5.74) is 3.11. The highest BCUT2D eigenvalue weighted by Gasteiger charge is 2.20. The van der Waals surface area contributed by atoms with Crippen molar-refractivity contribution in [2.45, 2.75) is 51.1 Å². The van der Waals surface area contributed by atoms with E-state index in [1.54, 1.807) is 18.3 Å². The van der Waals surface area contributed by atoms with E-state index in [0.717, 1.165) is 27.6 Å². The Balaban J connectivity index is 1.76. The van der Waals surface area contributed by atoms with Crippen LogP contribution in [-0.2, 0) is 42.0 Å². The van der Waals surface area contributed by atoms with Gasteiger partial charge in [0.2, 0.25) is 11.3 Å². The van der Waals surface area contributed by atoms with Crippen LogP contribution in [0.15, 0.2) is 35.3 Å². The lowest BCUT2D eigenvalue weighted by Crippen LogP contribution is -2.27. The molecule has 0 aliphatic carbocycles. The number of carbonyl (C=O) groups is 1. The third-order valence-electron chi connectivity index (χ3n) is 5.38. The molecule has 5 nitrogen and oxygen atoms in total. The zero-order valence-electron chi connectivity index (χ0n) is 19.5. The molecule has 0 fully saturated rings. The van der Waals surface area contributed by atoms with Gasteiger partial charge in [-0.25, -0.2) is 0 Å². The molecule has 0 atom stereocenters. The number of alkyl halides is 1. The monoisotopic (exact) mass is 524 g/mol. The number of aryl methyl sites for hydroxylation is 1. The van der Waals surface area contributed by atoms with E-state index in [4.69, 9.17) is 27.9 Å². The zero-order chi connectivity index (χ0) is 24.2. The average molecular weight is 526 g/mol. The van der Waals surface area contributed by atoms with E-state index in [1.165, 1.54) is 11.3 Å². The molecule has 2 heterocycles. The Labute approximate surface area is 209 Å². The number of ether oxygens (including phenoxy) is 1. The number of aromatic nitrogens is 1. The second-order valence-corrected chi connectivity index (χ2v) is 16.8. The Hall–Kier alpha value is -1.64. The summed E-state index contributed by atoms with van der Waals surface area (Å²) in [6.45, 7) is 8.47. The van der Waals surface area contributed by atoms with E-state index in [-0.39, 0.29) is 17.8 Å². The van der Waals surface area contributed by atoms with Gasteiger partial charge in [0.25, 0.3) is 0 Å². The SMILES string of the molecule is Cn1cc(CC(=O)NCc2ccc(Cl)cc2)c(=O)c2sc(CCl)c(COCC[Si](C)(C)C)c21. The minimum absolute atomic E-state index is 0.0202. The maximum absolute atomic E-state index is 13.2. The van der Waals surface area contributed by atoms with Crippen molar-refractivity contribution in [1.82, 2.24) is 9.88 Å². The Morgan fingerprint density at radius 3 is 2.55 bits per heavy atom. The van der Waals surface area contributed by atoms with Crippen molar-refractivity contribution in [3.05, 3.63) is 67.3 Å². The number of hydrogen-bond donors (Lipinski definition) is 1. The lowest BCUT2D eigenvalue weighted by molar-refractivity contribution is -0.120. The van der Waals surface area contributed by atoms with Gasteiger partial charge >= 0.3 is 0 Å². The van der Waals surface area contributed by atoms with Gasteiger partial charge in [-0.3, -0.25) is 9.59 Å². The highest BCUT2D eigenvalue weighted by Crippen LogP contribution is 2.31. The van der Waals surface area contributed by atoms with E-state index >= 15 is 0 Å². The predicted octanol–water partition coefficient (Wildman–Crippen LogP) is 5.71.